The van der Waals surface area contributed by atoms with E-state index < -0.39 is 33.7 Å². The predicted octanol–water partition coefficient (Wildman–Crippen LogP) is 4.20. The summed E-state index contributed by atoms with van der Waals surface area (Å²) in [5.41, 5.74) is -1.15. The lowest BCUT2D eigenvalue weighted by Crippen LogP contribution is -2.23. The third kappa shape index (κ3) is 6.79. The summed E-state index contributed by atoms with van der Waals surface area (Å²) in [6.45, 7) is 0.497. The molecule has 0 saturated heterocycles. The number of nitro groups is 1. The normalized spacial score (nSPS) is 10.7. The first-order valence-electron chi connectivity index (χ1n) is 11.1. The van der Waals surface area contributed by atoms with Crippen molar-refractivity contribution in [2.24, 2.45) is 0 Å². The van der Waals surface area contributed by atoms with Crippen LogP contribution in [-0.4, -0.2) is 38.6 Å². The van der Waals surface area contributed by atoms with Crippen LogP contribution in [-0.2, 0) is 4.79 Å². The predicted molar refractivity (Wildman–Crippen MR) is 128 cm³/mol. The molecule has 3 aromatic rings. The molecule has 184 valence electrons. The number of hydrogen-bond donors (Lipinski definition) is 4. The average Bonchev–Trinajstić information content (AvgIpc) is 2.81. The molecule has 11 nitrogen and oxygen atoms in total. The van der Waals surface area contributed by atoms with E-state index in [1.165, 1.54) is 12.1 Å². The molecule has 0 aliphatic carbocycles. The smallest absolute Gasteiger partial charge is 0.303 e. The summed E-state index contributed by atoms with van der Waals surface area (Å²) >= 11 is 0. The standard InChI is InChI=1S/C24H25N3O8/c28-20(29)6-4-2-1-3-5-13-35-17-10-7-15(8-11-17)25-23(31)21-22(30)18-14-16(27(33)34)9-12-19(18)26-24(21)32/h7-12,14H,1-6,13H2,(H,25,31)(H,28,29)(H2,26,30,32). The molecular formula is C24H25N3O8. The number of aromatic hydroxyl groups is 1. The van der Waals surface area contributed by atoms with Gasteiger partial charge in [-0.25, -0.2) is 0 Å². The van der Waals surface area contributed by atoms with Gasteiger partial charge in [0.05, 0.1) is 17.0 Å². The minimum absolute atomic E-state index is 0.0189. The molecule has 11 heteroatoms. The lowest BCUT2D eigenvalue weighted by Gasteiger charge is -2.10. The molecule has 0 radical (unpaired) electrons. The molecule has 0 unspecified atom stereocenters. The van der Waals surface area contributed by atoms with Crippen LogP contribution in [0.4, 0.5) is 11.4 Å². The van der Waals surface area contributed by atoms with E-state index in [1.54, 1.807) is 24.3 Å². The first-order valence-corrected chi connectivity index (χ1v) is 11.1. The van der Waals surface area contributed by atoms with Crippen molar-refractivity contribution in [1.29, 1.82) is 0 Å². The number of unbranched alkanes of at least 4 members (excludes halogenated alkanes) is 4. The summed E-state index contributed by atoms with van der Waals surface area (Å²) in [5.74, 6) is -1.70. The number of aliphatic carboxylic acids is 1. The molecule has 1 aromatic heterocycles. The second-order valence-electron chi connectivity index (χ2n) is 7.90. The molecule has 0 aliphatic heterocycles. The summed E-state index contributed by atoms with van der Waals surface area (Å²) in [5, 5.41) is 32.6. The van der Waals surface area contributed by atoms with Gasteiger partial charge in [0.25, 0.3) is 17.2 Å². The number of nitrogens with one attached hydrogen (secondary N) is 2. The summed E-state index contributed by atoms with van der Waals surface area (Å²) in [6.07, 6.45) is 4.43. The molecule has 0 bridgehead atoms. The number of hydrogen-bond acceptors (Lipinski definition) is 7. The number of carboxylic acids is 1. The van der Waals surface area contributed by atoms with Gasteiger partial charge in [-0.05, 0) is 43.2 Å². The van der Waals surface area contributed by atoms with E-state index in [0.29, 0.717) is 24.5 Å². The van der Waals surface area contributed by atoms with Crippen LogP contribution in [0.25, 0.3) is 10.9 Å². The minimum Gasteiger partial charge on any atom is -0.506 e. The van der Waals surface area contributed by atoms with E-state index in [2.05, 4.69) is 10.3 Å². The van der Waals surface area contributed by atoms with Gasteiger partial charge in [0.2, 0.25) is 0 Å². The van der Waals surface area contributed by atoms with Crippen molar-refractivity contribution in [2.45, 2.75) is 38.5 Å². The highest BCUT2D eigenvalue weighted by molar-refractivity contribution is 6.09. The third-order valence-electron chi connectivity index (χ3n) is 5.32. The Labute approximate surface area is 199 Å². The SMILES string of the molecule is O=C(O)CCCCCCCOc1ccc(NC(=O)c2c(O)c3cc([N+](=O)[O-])ccc3[nH]c2=O)cc1. The highest BCUT2D eigenvalue weighted by atomic mass is 16.6. The van der Waals surface area contributed by atoms with Gasteiger partial charge in [-0.1, -0.05) is 19.3 Å². The Hall–Kier alpha value is -4.41. The quantitative estimate of drug-likeness (QED) is 0.169. The maximum absolute atomic E-state index is 12.7. The number of non-ortho nitro benzene ring substituents is 1. The molecule has 0 saturated carbocycles. The summed E-state index contributed by atoms with van der Waals surface area (Å²) < 4.78 is 5.66. The topological polar surface area (TPSA) is 172 Å². The Bertz CT molecular complexity index is 1280. The fourth-order valence-electron chi connectivity index (χ4n) is 3.52. The Balaban J connectivity index is 1.57. The Morgan fingerprint density at radius 3 is 2.40 bits per heavy atom. The Morgan fingerprint density at radius 2 is 1.71 bits per heavy atom. The van der Waals surface area contributed by atoms with Crippen molar-refractivity contribution >= 4 is 34.2 Å². The molecule has 4 N–H and O–H groups in total. The summed E-state index contributed by atoms with van der Waals surface area (Å²) in [7, 11) is 0. The van der Waals surface area contributed by atoms with Crippen molar-refractivity contribution in [1.82, 2.24) is 4.98 Å². The molecule has 3 rings (SSSR count). The second-order valence-corrected chi connectivity index (χ2v) is 7.90. The summed E-state index contributed by atoms with van der Waals surface area (Å²) in [6, 6.07) is 10.0. The number of pyridine rings is 1. The molecular weight excluding hydrogens is 458 g/mol. The van der Waals surface area contributed by atoms with Crippen molar-refractivity contribution in [3.63, 3.8) is 0 Å². The molecule has 0 fully saturated rings. The van der Waals surface area contributed by atoms with Crippen molar-refractivity contribution < 1.29 is 29.5 Å². The number of fused-ring (bicyclic) bond motifs is 1. The van der Waals surface area contributed by atoms with Gasteiger partial charge in [0.1, 0.15) is 17.1 Å². The zero-order valence-corrected chi connectivity index (χ0v) is 18.8. The number of H-pyrrole nitrogens is 1. The molecule has 0 atom stereocenters. The largest absolute Gasteiger partial charge is 0.506 e. The monoisotopic (exact) mass is 483 g/mol. The lowest BCUT2D eigenvalue weighted by atomic mass is 10.1. The van der Waals surface area contributed by atoms with E-state index in [4.69, 9.17) is 9.84 Å². The van der Waals surface area contributed by atoms with Crippen LogP contribution in [0.3, 0.4) is 0 Å². The molecule has 0 spiro atoms. The van der Waals surface area contributed by atoms with E-state index in [0.717, 1.165) is 31.7 Å². The fraction of sp³-hybridized carbons (Fsp3) is 0.292. The van der Waals surface area contributed by atoms with Gasteiger partial charge >= 0.3 is 5.97 Å². The fourth-order valence-corrected chi connectivity index (χ4v) is 3.52. The number of carbonyl (C=O) groups is 2. The third-order valence-corrected chi connectivity index (χ3v) is 5.32. The molecule has 35 heavy (non-hydrogen) atoms. The number of amides is 1. The van der Waals surface area contributed by atoms with Crippen LogP contribution in [0.15, 0.2) is 47.3 Å². The maximum Gasteiger partial charge on any atom is 0.303 e. The summed E-state index contributed by atoms with van der Waals surface area (Å²) in [4.78, 5) is 48.3. The first-order chi connectivity index (χ1) is 16.8. The Kier molecular flexibility index (Phi) is 8.38. The van der Waals surface area contributed by atoms with Gasteiger partial charge in [-0.15, -0.1) is 0 Å². The van der Waals surface area contributed by atoms with Crippen molar-refractivity contribution in [3.8, 4) is 11.5 Å². The second kappa shape index (κ2) is 11.6. The number of carbonyl (C=O) groups excluding carboxylic acids is 1. The van der Waals surface area contributed by atoms with E-state index in [-0.39, 0.29) is 23.0 Å². The van der Waals surface area contributed by atoms with E-state index in [1.807, 2.05) is 0 Å². The first kappa shape index (κ1) is 25.2. The lowest BCUT2D eigenvalue weighted by molar-refractivity contribution is -0.384. The number of nitrogens with zero attached hydrogens (tertiary/aromatic N) is 1. The van der Waals surface area contributed by atoms with Crippen LogP contribution >= 0.6 is 0 Å². The number of nitro benzene ring substituents is 1. The van der Waals surface area contributed by atoms with Gasteiger partial charge in [0.15, 0.2) is 0 Å². The average molecular weight is 483 g/mol. The van der Waals surface area contributed by atoms with Crippen LogP contribution in [0.5, 0.6) is 11.5 Å². The minimum atomic E-state index is -0.867. The number of rotatable bonds is 12. The number of anilines is 1. The van der Waals surface area contributed by atoms with Crippen LogP contribution in [0, 0.1) is 10.1 Å². The van der Waals surface area contributed by atoms with Gasteiger partial charge in [0, 0.05) is 29.6 Å². The van der Waals surface area contributed by atoms with Gasteiger partial charge in [-0.2, -0.15) is 0 Å². The molecule has 1 heterocycles. The maximum atomic E-state index is 12.7. The molecule has 0 aliphatic rings. The van der Waals surface area contributed by atoms with Crippen molar-refractivity contribution in [3.05, 3.63) is 68.5 Å². The zero-order chi connectivity index (χ0) is 25.4. The van der Waals surface area contributed by atoms with E-state index in [9.17, 15) is 29.6 Å². The number of ether oxygens (including phenoxy) is 1. The molecule has 2 aromatic carbocycles. The van der Waals surface area contributed by atoms with E-state index >= 15 is 0 Å². The zero-order valence-electron chi connectivity index (χ0n) is 18.8. The van der Waals surface area contributed by atoms with Crippen molar-refractivity contribution in [2.75, 3.05) is 11.9 Å². The van der Waals surface area contributed by atoms with Crippen LogP contribution < -0.4 is 15.6 Å². The number of aromatic nitrogens is 1. The highest BCUT2D eigenvalue weighted by Gasteiger charge is 2.21. The van der Waals surface area contributed by atoms with Crippen LogP contribution in [0.1, 0.15) is 48.9 Å². The van der Waals surface area contributed by atoms with Crippen LogP contribution in [0.2, 0.25) is 0 Å². The van der Waals surface area contributed by atoms with Gasteiger partial charge in [-0.3, -0.25) is 24.5 Å². The number of benzene rings is 2. The highest BCUT2D eigenvalue weighted by Crippen LogP contribution is 2.29. The van der Waals surface area contributed by atoms with Gasteiger partial charge < -0.3 is 25.3 Å². The number of carboxylic acid groups (broad SMARTS) is 1. The molecule has 1 amide bonds. The number of aromatic amines is 1. The Morgan fingerprint density at radius 1 is 1.03 bits per heavy atom.